The summed E-state index contributed by atoms with van der Waals surface area (Å²) in [7, 11) is 4.32. The van der Waals surface area contributed by atoms with Gasteiger partial charge in [0.05, 0.1) is 21.3 Å². The maximum atomic E-state index is 13.0. The molecular weight excluding hydrogens is 438 g/mol. The molecule has 0 radical (unpaired) electrons. The summed E-state index contributed by atoms with van der Waals surface area (Å²) in [6, 6.07) is 20.2. The van der Waals surface area contributed by atoms with Gasteiger partial charge in [-0.05, 0) is 12.1 Å². The normalized spacial score (nSPS) is 11.1. The van der Waals surface area contributed by atoms with E-state index in [1.54, 1.807) is 60.7 Å². The van der Waals surface area contributed by atoms with Crippen LogP contribution in [-0.2, 0) is 9.53 Å². The number of nitrogens with one attached hydrogen (secondary N) is 1. The highest BCUT2D eigenvalue weighted by molar-refractivity contribution is 6.01. The highest BCUT2D eigenvalue weighted by Gasteiger charge is 2.26. The number of ketones is 1. The molecule has 3 aromatic rings. The quantitative estimate of drug-likeness (QED) is 0.362. The lowest BCUT2D eigenvalue weighted by Gasteiger charge is -2.18. The molecule has 0 aliphatic heterocycles. The van der Waals surface area contributed by atoms with E-state index in [1.807, 2.05) is 0 Å². The number of Topliss-reactive ketones (excluding diaryl/α,β-unsaturated/α-hetero) is 1. The fourth-order valence-corrected chi connectivity index (χ4v) is 3.29. The molecule has 0 bridgehead atoms. The van der Waals surface area contributed by atoms with E-state index >= 15 is 0 Å². The van der Waals surface area contributed by atoms with Gasteiger partial charge in [-0.25, -0.2) is 0 Å². The average Bonchev–Trinajstić information content (AvgIpc) is 2.89. The smallest absolute Gasteiger partial charge is 0.326 e. The average molecular weight is 463 g/mol. The number of carbonyl (C=O) groups is 3. The standard InChI is InChI=1S/C26H25NO7/c1-31-20-14-19(15-21(32-2)25(20)33-3)26(30)27-16-22(28)34-24(18-12-8-5-9-13-18)23(29)17-10-6-4-7-11-17/h4-15,24H,16H2,1-3H3,(H,27,30). The van der Waals surface area contributed by atoms with Crippen LogP contribution in [0.3, 0.4) is 0 Å². The van der Waals surface area contributed by atoms with E-state index in [4.69, 9.17) is 18.9 Å². The van der Waals surface area contributed by atoms with Gasteiger partial charge in [-0.1, -0.05) is 60.7 Å². The number of rotatable bonds is 10. The third kappa shape index (κ3) is 5.72. The van der Waals surface area contributed by atoms with E-state index in [1.165, 1.54) is 33.5 Å². The minimum absolute atomic E-state index is 0.197. The highest BCUT2D eigenvalue weighted by atomic mass is 16.5. The molecule has 0 spiro atoms. The van der Waals surface area contributed by atoms with E-state index < -0.39 is 24.5 Å². The third-order valence-electron chi connectivity index (χ3n) is 4.97. The van der Waals surface area contributed by atoms with Crippen molar-refractivity contribution in [2.75, 3.05) is 27.9 Å². The van der Waals surface area contributed by atoms with Gasteiger partial charge < -0.3 is 24.3 Å². The van der Waals surface area contributed by atoms with Crippen molar-refractivity contribution in [2.45, 2.75) is 6.10 Å². The van der Waals surface area contributed by atoms with Crippen molar-refractivity contribution in [3.63, 3.8) is 0 Å². The van der Waals surface area contributed by atoms with Crippen LogP contribution in [0.2, 0.25) is 0 Å². The second kappa shape index (κ2) is 11.5. The van der Waals surface area contributed by atoms with Crippen molar-refractivity contribution in [1.29, 1.82) is 0 Å². The number of benzene rings is 3. The first kappa shape index (κ1) is 24.3. The molecule has 3 aromatic carbocycles. The third-order valence-corrected chi connectivity index (χ3v) is 4.97. The van der Waals surface area contributed by atoms with Gasteiger partial charge in [-0.15, -0.1) is 0 Å². The van der Waals surface area contributed by atoms with Crippen LogP contribution in [0.25, 0.3) is 0 Å². The SMILES string of the molecule is COc1cc(C(=O)NCC(=O)OC(C(=O)c2ccccc2)c2ccccc2)cc(OC)c1OC. The second-order valence-electron chi connectivity index (χ2n) is 7.11. The zero-order valence-corrected chi connectivity index (χ0v) is 19.1. The molecule has 1 atom stereocenters. The summed E-state index contributed by atoms with van der Waals surface area (Å²) in [4.78, 5) is 38.3. The Labute approximate surface area is 197 Å². The molecule has 0 fully saturated rings. The minimum Gasteiger partial charge on any atom is -0.493 e. The summed E-state index contributed by atoms with van der Waals surface area (Å²) < 4.78 is 21.2. The molecular formula is C26H25NO7. The van der Waals surface area contributed by atoms with E-state index in [9.17, 15) is 14.4 Å². The van der Waals surface area contributed by atoms with Gasteiger partial charge in [-0.3, -0.25) is 14.4 Å². The molecule has 3 rings (SSSR count). The van der Waals surface area contributed by atoms with Crippen LogP contribution in [0.1, 0.15) is 32.4 Å². The Bertz CT molecular complexity index is 1120. The molecule has 1 amide bonds. The number of hydrogen-bond donors (Lipinski definition) is 1. The maximum absolute atomic E-state index is 13.0. The van der Waals surface area contributed by atoms with Crippen LogP contribution in [0.5, 0.6) is 17.2 Å². The van der Waals surface area contributed by atoms with Crippen molar-refractivity contribution in [2.24, 2.45) is 0 Å². The molecule has 176 valence electrons. The van der Waals surface area contributed by atoms with Gasteiger partial charge in [-0.2, -0.15) is 0 Å². The molecule has 1 unspecified atom stereocenters. The molecule has 1 N–H and O–H groups in total. The highest BCUT2D eigenvalue weighted by Crippen LogP contribution is 2.38. The first-order chi connectivity index (χ1) is 16.5. The van der Waals surface area contributed by atoms with Crippen molar-refractivity contribution >= 4 is 17.7 Å². The van der Waals surface area contributed by atoms with Gasteiger partial charge in [0.15, 0.2) is 17.6 Å². The lowest BCUT2D eigenvalue weighted by molar-refractivity contribution is -0.146. The Morgan fingerprint density at radius 3 is 1.85 bits per heavy atom. The molecule has 0 aromatic heterocycles. The zero-order chi connectivity index (χ0) is 24.5. The molecule has 34 heavy (non-hydrogen) atoms. The van der Waals surface area contributed by atoms with Crippen LogP contribution >= 0.6 is 0 Å². The van der Waals surface area contributed by atoms with Gasteiger partial charge in [0.25, 0.3) is 5.91 Å². The fourth-order valence-electron chi connectivity index (χ4n) is 3.29. The van der Waals surface area contributed by atoms with E-state index in [-0.39, 0.29) is 11.3 Å². The Morgan fingerprint density at radius 2 is 1.32 bits per heavy atom. The number of ether oxygens (including phenoxy) is 4. The maximum Gasteiger partial charge on any atom is 0.326 e. The predicted octanol–water partition coefficient (Wildman–Crippen LogP) is 3.61. The lowest BCUT2D eigenvalue weighted by Crippen LogP contribution is -2.32. The number of carbonyl (C=O) groups excluding carboxylic acids is 3. The molecule has 8 heteroatoms. The molecule has 0 heterocycles. The fraction of sp³-hybridized carbons (Fsp3) is 0.192. The molecule has 0 aliphatic rings. The largest absolute Gasteiger partial charge is 0.493 e. The number of hydrogen-bond acceptors (Lipinski definition) is 7. The van der Waals surface area contributed by atoms with Gasteiger partial charge >= 0.3 is 5.97 Å². The second-order valence-corrected chi connectivity index (χ2v) is 7.11. The summed E-state index contributed by atoms with van der Waals surface area (Å²) in [6.07, 6.45) is -1.14. The molecule has 0 saturated carbocycles. The van der Waals surface area contributed by atoms with Crippen LogP contribution < -0.4 is 19.5 Å². The Morgan fingerprint density at radius 1 is 0.765 bits per heavy atom. The Balaban J connectivity index is 1.73. The van der Waals surface area contributed by atoms with Crippen LogP contribution in [0, 0.1) is 0 Å². The minimum atomic E-state index is -1.14. The predicted molar refractivity (Wildman–Crippen MR) is 124 cm³/mol. The Kier molecular flexibility index (Phi) is 8.23. The number of esters is 1. The molecule has 8 nitrogen and oxygen atoms in total. The summed E-state index contributed by atoms with van der Waals surface area (Å²) in [5.41, 5.74) is 1.13. The first-order valence-corrected chi connectivity index (χ1v) is 10.4. The lowest BCUT2D eigenvalue weighted by atomic mass is 10.00. The van der Waals surface area contributed by atoms with Crippen LogP contribution in [0.4, 0.5) is 0 Å². The first-order valence-electron chi connectivity index (χ1n) is 10.4. The van der Waals surface area contributed by atoms with Gasteiger partial charge in [0.2, 0.25) is 11.5 Å². The topological polar surface area (TPSA) is 100 Å². The van der Waals surface area contributed by atoms with Crippen molar-refractivity contribution in [1.82, 2.24) is 5.32 Å². The van der Waals surface area contributed by atoms with E-state index in [2.05, 4.69) is 5.32 Å². The monoisotopic (exact) mass is 463 g/mol. The number of amides is 1. The van der Waals surface area contributed by atoms with Gasteiger partial charge in [0.1, 0.15) is 6.54 Å². The molecule has 0 aliphatic carbocycles. The van der Waals surface area contributed by atoms with E-state index in [0.29, 0.717) is 28.4 Å². The van der Waals surface area contributed by atoms with Crippen molar-refractivity contribution in [3.05, 3.63) is 89.5 Å². The zero-order valence-electron chi connectivity index (χ0n) is 19.1. The van der Waals surface area contributed by atoms with Crippen LogP contribution in [0.15, 0.2) is 72.8 Å². The number of methoxy groups -OCH3 is 3. The molecule has 0 saturated heterocycles. The summed E-state index contributed by atoms with van der Waals surface area (Å²) in [5, 5.41) is 2.50. The van der Waals surface area contributed by atoms with Crippen molar-refractivity contribution in [3.8, 4) is 17.2 Å². The van der Waals surface area contributed by atoms with Crippen molar-refractivity contribution < 1.29 is 33.3 Å². The Hall–Kier alpha value is -4.33. The van der Waals surface area contributed by atoms with Crippen LogP contribution in [-0.4, -0.2) is 45.5 Å². The van der Waals surface area contributed by atoms with E-state index in [0.717, 1.165) is 0 Å². The summed E-state index contributed by atoms with van der Waals surface area (Å²) in [6.45, 7) is -0.444. The van der Waals surface area contributed by atoms with Gasteiger partial charge in [0, 0.05) is 16.7 Å². The summed E-state index contributed by atoms with van der Waals surface area (Å²) in [5.74, 6) is -0.748. The summed E-state index contributed by atoms with van der Waals surface area (Å²) >= 11 is 0.